The third-order valence-corrected chi connectivity index (χ3v) is 4.03. The van der Waals surface area contributed by atoms with Crippen molar-refractivity contribution in [1.29, 1.82) is 0 Å². The minimum Gasteiger partial charge on any atom is -0.388 e. The molecule has 1 aliphatic rings. The molecule has 0 amide bonds. The minimum atomic E-state index is -0.104. The largest absolute Gasteiger partial charge is 0.388 e. The van der Waals surface area contributed by atoms with E-state index in [0.29, 0.717) is 5.76 Å². The van der Waals surface area contributed by atoms with Crippen LogP contribution in [0.4, 0.5) is 5.69 Å². The second-order valence-electron chi connectivity index (χ2n) is 5.16. The van der Waals surface area contributed by atoms with Crippen molar-refractivity contribution in [2.24, 2.45) is 0 Å². The van der Waals surface area contributed by atoms with E-state index in [-0.39, 0.29) is 6.61 Å². The number of rotatable bonds is 4. The number of hydrogen-bond acceptors (Lipinski definition) is 5. The van der Waals surface area contributed by atoms with Gasteiger partial charge in [-0.25, -0.2) is 0 Å². The molecule has 0 bridgehead atoms. The van der Waals surface area contributed by atoms with Crippen molar-refractivity contribution in [2.45, 2.75) is 13.2 Å². The summed E-state index contributed by atoms with van der Waals surface area (Å²) in [5, 5.41) is 13.7. The van der Waals surface area contributed by atoms with Gasteiger partial charge in [-0.15, -0.1) is 0 Å². The zero-order valence-corrected chi connectivity index (χ0v) is 12.5. The number of benzene rings is 1. The summed E-state index contributed by atoms with van der Waals surface area (Å²) >= 11 is 6.24. The summed E-state index contributed by atoms with van der Waals surface area (Å²) in [4.78, 5) is 4.63. The number of hydrogen-bond donors (Lipinski definition) is 1. The topological polar surface area (TPSA) is 52.7 Å². The Bertz CT molecular complexity index is 594. The molecule has 3 rings (SSSR count). The normalized spacial score (nSPS) is 16.4. The zero-order valence-electron chi connectivity index (χ0n) is 11.7. The molecule has 1 aromatic carbocycles. The van der Waals surface area contributed by atoms with Crippen LogP contribution in [0.2, 0.25) is 5.02 Å². The second-order valence-corrected chi connectivity index (χ2v) is 5.56. The van der Waals surface area contributed by atoms with E-state index in [4.69, 9.17) is 21.2 Å². The molecular weight excluding hydrogens is 290 g/mol. The minimum absolute atomic E-state index is 0.104. The van der Waals surface area contributed by atoms with Crippen LogP contribution in [0.25, 0.3) is 0 Å². The Kier molecular flexibility index (Phi) is 4.43. The van der Waals surface area contributed by atoms with E-state index in [1.165, 1.54) is 0 Å². The molecule has 0 aliphatic carbocycles. The van der Waals surface area contributed by atoms with Gasteiger partial charge in [0.1, 0.15) is 6.61 Å². The van der Waals surface area contributed by atoms with Crippen molar-refractivity contribution in [1.82, 2.24) is 10.1 Å². The van der Waals surface area contributed by atoms with Crippen LogP contribution in [0.5, 0.6) is 0 Å². The molecule has 0 atom stereocenters. The summed E-state index contributed by atoms with van der Waals surface area (Å²) in [6.07, 6.45) is 0. The van der Waals surface area contributed by atoms with Gasteiger partial charge in [0.2, 0.25) is 0 Å². The Morgan fingerprint density at radius 2 is 1.95 bits per heavy atom. The molecule has 21 heavy (non-hydrogen) atoms. The SMILES string of the molecule is OCc1cc(CN2CCN(c3ccccc3Cl)CC2)no1. The Balaban J connectivity index is 1.56. The lowest BCUT2D eigenvalue weighted by molar-refractivity contribution is 0.222. The molecule has 2 heterocycles. The summed E-state index contributed by atoms with van der Waals surface area (Å²) in [5.41, 5.74) is 1.97. The molecule has 1 N–H and O–H groups in total. The molecule has 5 nitrogen and oxygen atoms in total. The van der Waals surface area contributed by atoms with E-state index >= 15 is 0 Å². The van der Waals surface area contributed by atoms with Crippen LogP contribution in [0.1, 0.15) is 11.5 Å². The first kappa shape index (κ1) is 14.4. The molecule has 1 aromatic heterocycles. The highest BCUT2D eigenvalue weighted by atomic mass is 35.5. The predicted octanol–water partition coefficient (Wildman–Crippen LogP) is 2.14. The maximum atomic E-state index is 8.98. The van der Waals surface area contributed by atoms with Gasteiger partial charge in [0.05, 0.1) is 16.4 Å². The van der Waals surface area contributed by atoms with Gasteiger partial charge < -0.3 is 14.5 Å². The molecule has 0 unspecified atom stereocenters. The monoisotopic (exact) mass is 307 g/mol. The van der Waals surface area contributed by atoms with E-state index in [0.717, 1.165) is 49.1 Å². The van der Waals surface area contributed by atoms with E-state index in [2.05, 4.69) is 21.0 Å². The number of aromatic nitrogens is 1. The fourth-order valence-corrected chi connectivity index (χ4v) is 2.84. The molecule has 0 spiro atoms. The number of anilines is 1. The Labute approximate surface area is 128 Å². The van der Waals surface area contributed by atoms with E-state index in [1.807, 2.05) is 18.2 Å². The van der Waals surface area contributed by atoms with Crippen LogP contribution >= 0.6 is 11.6 Å². The van der Waals surface area contributed by atoms with Gasteiger partial charge in [-0.3, -0.25) is 4.90 Å². The van der Waals surface area contributed by atoms with Crippen molar-refractivity contribution < 1.29 is 9.63 Å². The molecule has 2 aromatic rings. The standard InChI is InChI=1S/C15H18ClN3O2/c16-14-3-1-2-4-15(14)19-7-5-18(6-8-19)10-12-9-13(11-20)21-17-12/h1-4,9,20H,5-8,10-11H2. The summed E-state index contributed by atoms with van der Waals surface area (Å²) < 4.78 is 5.01. The average Bonchev–Trinajstić information content (AvgIpc) is 2.96. The highest BCUT2D eigenvalue weighted by Crippen LogP contribution is 2.26. The molecule has 1 aliphatic heterocycles. The lowest BCUT2D eigenvalue weighted by Gasteiger charge is -2.36. The van der Waals surface area contributed by atoms with Crippen LogP contribution in [-0.2, 0) is 13.2 Å². The van der Waals surface area contributed by atoms with E-state index in [9.17, 15) is 0 Å². The quantitative estimate of drug-likeness (QED) is 0.938. The van der Waals surface area contributed by atoms with Gasteiger partial charge in [0, 0.05) is 38.8 Å². The second kappa shape index (κ2) is 6.47. The Morgan fingerprint density at radius 3 is 2.62 bits per heavy atom. The molecule has 1 saturated heterocycles. The fraction of sp³-hybridized carbons (Fsp3) is 0.400. The Hall–Kier alpha value is -1.56. The molecular formula is C15H18ClN3O2. The van der Waals surface area contributed by atoms with Crippen LogP contribution in [0.3, 0.4) is 0 Å². The smallest absolute Gasteiger partial charge is 0.162 e. The Morgan fingerprint density at radius 1 is 1.19 bits per heavy atom. The van der Waals surface area contributed by atoms with Crippen molar-refractivity contribution in [3.8, 4) is 0 Å². The summed E-state index contributed by atoms with van der Waals surface area (Å²) in [6.45, 7) is 4.43. The first-order valence-electron chi connectivity index (χ1n) is 7.03. The van der Waals surface area contributed by atoms with Gasteiger partial charge in [-0.1, -0.05) is 28.9 Å². The number of piperazine rings is 1. The zero-order chi connectivity index (χ0) is 14.7. The molecule has 0 radical (unpaired) electrons. The first-order chi connectivity index (χ1) is 10.3. The molecule has 112 valence electrons. The summed E-state index contributed by atoms with van der Waals surface area (Å²) in [6, 6.07) is 9.75. The predicted molar refractivity (Wildman–Crippen MR) is 81.4 cm³/mol. The highest BCUT2D eigenvalue weighted by Gasteiger charge is 2.19. The summed E-state index contributed by atoms with van der Waals surface area (Å²) in [5.74, 6) is 0.514. The number of aliphatic hydroxyl groups excluding tert-OH is 1. The lowest BCUT2D eigenvalue weighted by atomic mass is 10.2. The van der Waals surface area contributed by atoms with Crippen LogP contribution < -0.4 is 4.90 Å². The third-order valence-electron chi connectivity index (χ3n) is 3.71. The molecule has 1 fully saturated rings. The van der Waals surface area contributed by atoms with E-state index < -0.39 is 0 Å². The molecule has 0 saturated carbocycles. The van der Waals surface area contributed by atoms with Crippen molar-refractivity contribution in [3.63, 3.8) is 0 Å². The maximum Gasteiger partial charge on any atom is 0.162 e. The van der Waals surface area contributed by atoms with Gasteiger partial charge >= 0.3 is 0 Å². The van der Waals surface area contributed by atoms with Gasteiger partial charge in [-0.05, 0) is 12.1 Å². The van der Waals surface area contributed by atoms with Gasteiger partial charge in [-0.2, -0.15) is 0 Å². The van der Waals surface area contributed by atoms with E-state index in [1.54, 1.807) is 6.07 Å². The third kappa shape index (κ3) is 3.37. The van der Waals surface area contributed by atoms with Crippen LogP contribution in [0.15, 0.2) is 34.9 Å². The van der Waals surface area contributed by atoms with Crippen molar-refractivity contribution in [3.05, 3.63) is 46.8 Å². The van der Waals surface area contributed by atoms with Crippen LogP contribution in [-0.4, -0.2) is 41.3 Å². The van der Waals surface area contributed by atoms with Crippen molar-refractivity contribution in [2.75, 3.05) is 31.1 Å². The van der Waals surface area contributed by atoms with Gasteiger partial charge in [0.15, 0.2) is 5.76 Å². The summed E-state index contributed by atoms with van der Waals surface area (Å²) in [7, 11) is 0. The number of nitrogens with zero attached hydrogens (tertiary/aromatic N) is 3. The van der Waals surface area contributed by atoms with Crippen LogP contribution in [0, 0.1) is 0 Å². The average molecular weight is 308 g/mol. The highest BCUT2D eigenvalue weighted by molar-refractivity contribution is 6.33. The number of halogens is 1. The lowest BCUT2D eigenvalue weighted by Crippen LogP contribution is -2.46. The maximum absolute atomic E-state index is 8.98. The van der Waals surface area contributed by atoms with Crippen molar-refractivity contribution >= 4 is 17.3 Å². The fourth-order valence-electron chi connectivity index (χ4n) is 2.59. The number of aliphatic hydroxyl groups is 1. The van der Waals surface area contributed by atoms with Gasteiger partial charge in [0.25, 0.3) is 0 Å². The first-order valence-corrected chi connectivity index (χ1v) is 7.41. The molecule has 6 heteroatoms. The number of para-hydroxylation sites is 1.